The fourth-order valence-electron chi connectivity index (χ4n) is 3.12. The van der Waals surface area contributed by atoms with E-state index >= 15 is 0 Å². The highest BCUT2D eigenvalue weighted by Gasteiger charge is 2.21. The Kier molecular flexibility index (Phi) is 7.24. The number of aromatic nitrogens is 1. The maximum Gasteiger partial charge on any atom is 0.260 e. The maximum atomic E-state index is 12.8. The summed E-state index contributed by atoms with van der Waals surface area (Å²) in [4.78, 5) is 41.2. The fourth-order valence-corrected chi connectivity index (χ4v) is 3.12. The van der Waals surface area contributed by atoms with Crippen LogP contribution in [0.3, 0.4) is 0 Å². The third-order valence-corrected chi connectivity index (χ3v) is 4.96. The van der Waals surface area contributed by atoms with Crippen LogP contribution in [0, 0.1) is 5.92 Å². The van der Waals surface area contributed by atoms with Gasteiger partial charge in [0.1, 0.15) is 17.9 Å². The van der Waals surface area contributed by atoms with Crippen molar-refractivity contribution in [3.8, 4) is 5.75 Å². The van der Waals surface area contributed by atoms with E-state index in [1.165, 1.54) is 30.0 Å². The second-order valence-electron chi connectivity index (χ2n) is 7.50. The summed E-state index contributed by atoms with van der Waals surface area (Å²) in [6.07, 6.45) is 4.71. The van der Waals surface area contributed by atoms with E-state index in [0.29, 0.717) is 18.2 Å². The van der Waals surface area contributed by atoms with Gasteiger partial charge in [-0.3, -0.25) is 14.4 Å². The number of aliphatic hydroxyl groups excluding tert-OH is 1. The van der Waals surface area contributed by atoms with Gasteiger partial charge >= 0.3 is 0 Å². The van der Waals surface area contributed by atoms with E-state index < -0.39 is 11.5 Å². The Morgan fingerprint density at radius 2 is 2.10 bits per heavy atom. The fraction of sp³-hybridized carbons (Fsp3) is 0.409. The van der Waals surface area contributed by atoms with Gasteiger partial charge in [0.05, 0.1) is 12.2 Å². The Morgan fingerprint density at radius 3 is 2.83 bits per heavy atom. The lowest BCUT2D eigenvalue weighted by atomic mass is 10.1. The highest BCUT2D eigenvalue weighted by Crippen LogP contribution is 2.31. The standard InChI is InChI=1S/C22H27N3O5/c1-25(14-16-3-2-4-18(11-16)30-10-9-26)22(29)19-12-17(13-24-21(19)28)20(27)23-8-7-15-5-6-15/h2-4,11-13,15,26H,5-10,14H2,1H3,(H,23,27)(H,24,28). The summed E-state index contributed by atoms with van der Waals surface area (Å²) in [6.45, 7) is 0.936. The quantitative estimate of drug-likeness (QED) is 0.547. The number of nitrogens with zero attached hydrogens (tertiary/aromatic N) is 1. The molecule has 0 spiro atoms. The molecule has 0 radical (unpaired) electrons. The normalized spacial score (nSPS) is 13.0. The van der Waals surface area contributed by atoms with Crippen LogP contribution in [0.25, 0.3) is 0 Å². The average molecular weight is 413 g/mol. The second kappa shape index (κ2) is 10.1. The van der Waals surface area contributed by atoms with Crippen molar-refractivity contribution in [1.82, 2.24) is 15.2 Å². The summed E-state index contributed by atoms with van der Waals surface area (Å²) in [5.41, 5.74) is 0.440. The van der Waals surface area contributed by atoms with Gasteiger partial charge in [-0.2, -0.15) is 0 Å². The molecule has 8 nitrogen and oxygen atoms in total. The summed E-state index contributed by atoms with van der Waals surface area (Å²) >= 11 is 0. The zero-order valence-electron chi connectivity index (χ0n) is 17.0. The predicted molar refractivity (Wildman–Crippen MR) is 112 cm³/mol. The van der Waals surface area contributed by atoms with E-state index in [4.69, 9.17) is 9.84 Å². The zero-order chi connectivity index (χ0) is 21.5. The number of nitrogens with one attached hydrogen (secondary N) is 2. The molecule has 160 valence electrons. The third-order valence-electron chi connectivity index (χ3n) is 4.96. The molecule has 0 atom stereocenters. The summed E-state index contributed by atoms with van der Waals surface area (Å²) in [7, 11) is 1.59. The van der Waals surface area contributed by atoms with Crippen LogP contribution in [-0.4, -0.2) is 53.6 Å². The van der Waals surface area contributed by atoms with Crippen molar-refractivity contribution in [2.45, 2.75) is 25.8 Å². The molecule has 8 heteroatoms. The molecule has 1 aliphatic carbocycles. The highest BCUT2D eigenvalue weighted by molar-refractivity contribution is 5.99. The molecule has 1 saturated carbocycles. The lowest BCUT2D eigenvalue weighted by molar-refractivity contribution is 0.0783. The molecule has 2 amide bonds. The van der Waals surface area contributed by atoms with Gasteiger partial charge in [0.2, 0.25) is 0 Å². The second-order valence-corrected chi connectivity index (χ2v) is 7.50. The molecule has 1 heterocycles. The number of carbonyl (C=O) groups is 2. The molecule has 1 aromatic carbocycles. The van der Waals surface area contributed by atoms with Gasteiger partial charge in [0.25, 0.3) is 17.4 Å². The van der Waals surface area contributed by atoms with E-state index in [2.05, 4.69) is 10.3 Å². The van der Waals surface area contributed by atoms with Crippen LogP contribution in [0.2, 0.25) is 0 Å². The third kappa shape index (κ3) is 5.93. The van der Waals surface area contributed by atoms with E-state index in [1.54, 1.807) is 25.2 Å². The van der Waals surface area contributed by atoms with Crippen LogP contribution in [0.15, 0.2) is 41.3 Å². The van der Waals surface area contributed by atoms with Crippen molar-refractivity contribution in [3.63, 3.8) is 0 Å². The number of benzene rings is 1. The van der Waals surface area contributed by atoms with Crippen molar-refractivity contribution >= 4 is 11.8 Å². The maximum absolute atomic E-state index is 12.8. The minimum Gasteiger partial charge on any atom is -0.491 e. The Balaban J connectivity index is 1.65. The first-order chi connectivity index (χ1) is 14.5. The first kappa shape index (κ1) is 21.6. The Hall–Kier alpha value is -3.13. The van der Waals surface area contributed by atoms with Crippen LogP contribution >= 0.6 is 0 Å². The number of rotatable bonds is 10. The molecule has 3 N–H and O–H groups in total. The van der Waals surface area contributed by atoms with Gasteiger partial charge < -0.3 is 25.0 Å². The van der Waals surface area contributed by atoms with Crippen LogP contribution in [0.5, 0.6) is 5.75 Å². The Bertz CT molecular complexity index is 952. The average Bonchev–Trinajstić information content (AvgIpc) is 3.56. The number of carbonyl (C=O) groups excluding carboxylic acids is 2. The topological polar surface area (TPSA) is 112 Å². The number of hydrogen-bond acceptors (Lipinski definition) is 5. The number of aliphatic hydroxyl groups is 1. The molecule has 1 fully saturated rings. The van der Waals surface area contributed by atoms with Gasteiger partial charge in [-0.05, 0) is 36.1 Å². The monoisotopic (exact) mass is 413 g/mol. The number of ether oxygens (including phenoxy) is 1. The molecule has 30 heavy (non-hydrogen) atoms. The summed E-state index contributed by atoms with van der Waals surface area (Å²) in [6, 6.07) is 8.50. The molecular weight excluding hydrogens is 386 g/mol. The lowest BCUT2D eigenvalue weighted by Crippen LogP contribution is -2.32. The van der Waals surface area contributed by atoms with Gasteiger partial charge in [-0.15, -0.1) is 0 Å². The Labute approximate surface area is 174 Å². The van der Waals surface area contributed by atoms with Crippen molar-refractivity contribution in [2.75, 3.05) is 26.8 Å². The number of hydrogen-bond donors (Lipinski definition) is 3. The van der Waals surface area contributed by atoms with Crippen molar-refractivity contribution in [3.05, 3.63) is 63.6 Å². The van der Waals surface area contributed by atoms with Crippen molar-refractivity contribution in [2.24, 2.45) is 5.92 Å². The van der Waals surface area contributed by atoms with Crippen molar-refractivity contribution in [1.29, 1.82) is 0 Å². The van der Waals surface area contributed by atoms with Crippen LogP contribution < -0.4 is 15.6 Å². The Morgan fingerprint density at radius 1 is 1.30 bits per heavy atom. The smallest absolute Gasteiger partial charge is 0.260 e. The number of aromatic amines is 1. The summed E-state index contributed by atoms with van der Waals surface area (Å²) in [5, 5.41) is 11.7. The van der Waals surface area contributed by atoms with Gasteiger partial charge in [-0.1, -0.05) is 25.0 Å². The van der Waals surface area contributed by atoms with Crippen LogP contribution in [0.4, 0.5) is 0 Å². The lowest BCUT2D eigenvalue weighted by Gasteiger charge is -2.18. The number of pyridine rings is 1. The molecule has 0 unspecified atom stereocenters. The molecule has 2 aromatic rings. The highest BCUT2D eigenvalue weighted by atomic mass is 16.5. The van der Waals surface area contributed by atoms with Crippen LogP contribution in [0.1, 0.15) is 45.5 Å². The first-order valence-electron chi connectivity index (χ1n) is 10.1. The zero-order valence-corrected chi connectivity index (χ0v) is 17.0. The molecule has 0 bridgehead atoms. The van der Waals surface area contributed by atoms with E-state index in [-0.39, 0.29) is 36.8 Å². The number of H-pyrrole nitrogens is 1. The SMILES string of the molecule is CN(Cc1cccc(OCCO)c1)C(=O)c1cc(C(=O)NCCC2CC2)c[nH]c1=O. The largest absolute Gasteiger partial charge is 0.491 e. The van der Waals surface area contributed by atoms with E-state index in [9.17, 15) is 14.4 Å². The van der Waals surface area contributed by atoms with Gasteiger partial charge in [0, 0.05) is 26.3 Å². The minimum absolute atomic E-state index is 0.0833. The summed E-state index contributed by atoms with van der Waals surface area (Å²) in [5.74, 6) is 0.507. The minimum atomic E-state index is -0.540. The molecular formula is C22H27N3O5. The molecule has 1 aromatic heterocycles. The first-order valence-corrected chi connectivity index (χ1v) is 10.1. The van der Waals surface area contributed by atoms with E-state index in [0.717, 1.165) is 12.0 Å². The number of amides is 2. The predicted octanol–water partition coefficient (Wildman–Crippen LogP) is 1.55. The molecule has 1 aliphatic rings. The molecule has 3 rings (SSSR count). The molecule has 0 saturated heterocycles. The van der Waals surface area contributed by atoms with Gasteiger partial charge in [-0.25, -0.2) is 0 Å². The van der Waals surface area contributed by atoms with Crippen LogP contribution in [-0.2, 0) is 6.54 Å². The van der Waals surface area contributed by atoms with E-state index in [1.807, 2.05) is 6.07 Å². The molecule has 0 aliphatic heterocycles. The summed E-state index contributed by atoms with van der Waals surface area (Å²) < 4.78 is 5.38. The van der Waals surface area contributed by atoms with Crippen molar-refractivity contribution < 1.29 is 19.4 Å². The van der Waals surface area contributed by atoms with Gasteiger partial charge in [0.15, 0.2) is 0 Å².